The van der Waals surface area contributed by atoms with E-state index in [0.717, 1.165) is 10.0 Å². The molecule has 2 nitrogen and oxygen atoms in total. The molecule has 0 radical (unpaired) electrons. The SMILES string of the molecule is OC(CNCCCC(F)(F)F)c1cccc(Br)c1. The first-order valence-corrected chi connectivity index (χ1v) is 6.39. The van der Waals surface area contributed by atoms with Crippen molar-refractivity contribution in [2.45, 2.75) is 25.1 Å². The molecule has 18 heavy (non-hydrogen) atoms. The van der Waals surface area contributed by atoms with Crippen molar-refractivity contribution in [1.82, 2.24) is 5.32 Å². The van der Waals surface area contributed by atoms with Crippen LogP contribution in [0.2, 0.25) is 0 Å². The molecule has 0 bridgehead atoms. The summed E-state index contributed by atoms with van der Waals surface area (Å²) in [4.78, 5) is 0. The van der Waals surface area contributed by atoms with Gasteiger partial charge in [-0.3, -0.25) is 0 Å². The molecule has 0 aliphatic rings. The lowest BCUT2D eigenvalue weighted by molar-refractivity contribution is -0.135. The van der Waals surface area contributed by atoms with Crippen molar-refractivity contribution < 1.29 is 18.3 Å². The first-order chi connectivity index (χ1) is 8.38. The zero-order valence-corrected chi connectivity index (χ0v) is 11.3. The van der Waals surface area contributed by atoms with Gasteiger partial charge in [-0.15, -0.1) is 0 Å². The van der Waals surface area contributed by atoms with Gasteiger partial charge in [-0.05, 0) is 30.7 Å². The van der Waals surface area contributed by atoms with Crippen molar-refractivity contribution in [3.8, 4) is 0 Å². The lowest BCUT2D eigenvalue weighted by Gasteiger charge is -2.13. The minimum Gasteiger partial charge on any atom is -0.387 e. The number of benzene rings is 1. The summed E-state index contributed by atoms with van der Waals surface area (Å²) in [6.45, 7) is 0.485. The lowest BCUT2D eigenvalue weighted by Crippen LogP contribution is -2.23. The van der Waals surface area contributed by atoms with E-state index in [-0.39, 0.29) is 19.5 Å². The molecule has 2 N–H and O–H groups in total. The van der Waals surface area contributed by atoms with Crippen LogP contribution in [0, 0.1) is 0 Å². The third kappa shape index (κ3) is 6.37. The summed E-state index contributed by atoms with van der Waals surface area (Å²) < 4.78 is 36.5. The fourth-order valence-corrected chi connectivity index (χ4v) is 1.90. The van der Waals surface area contributed by atoms with E-state index in [1.807, 2.05) is 6.07 Å². The molecule has 6 heteroatoms. The van der Waals surface area contributed by atoms with Crippen molar-refractivity contribution in [3.63, 3.8) is 0 Å². The van der Waals surface area contributed by atoms with E-state index in [2.05, 4.69) is 21.2 Å². The van der Waals surface area contributed by atoms with E-state index >= 15 is 0 Å². The van der Waals surface area contributed by atoms with Crippen LogP contribution < -0.4 is 5.32 Å². The molecule has 0 amide bonds. The molecule has 0 aromatic heterocycles. The van der Waals surface area contributed by atoms with Crippen LogP contribution in [0.15, 0.2) is 28.7 Å². The van der Waals surface area contributed by atoms with Crippen molar-refractivity contribution in [2.24, 2.45) is 0 Å². The molecular formula is C12H15BrF3NO. The van der Waals surface area contributed by atoms with Gasteiger partial charge in [0, 0.05) is 17.4 Å². The second kappa shape index (κ2) is 7.11. The van der Waals surface area contributed by atoms with Gasteiger partial charge in [0.05, 0.1) is 6.10 Å². The van der Waals surface area contributed by atoms with Gasteiger partial charge in [0.15, 0.2) is 0 Å². The Hall–Kier alpha value is -0.590. The zero-order chi connectivity index (χ0) is 13.6. The molecule has 0 fully saturated rings. The molecule has 1 atom stereocenters. The number of hydrogen-bond acceptors (Lipinski definition) is 2. The monoisotopic (exact) mass is 325 g/mol. The van der Waals surface area contributed by atoms with Crippen molar-refractivity contribution >= 4 is 15.9 Å². The van der Waals surface area contributed by atoms with Gasteiger partial charge >= 0.3 is 6.18 Å². The molecule has 102 valence electrons. The summed E-state index contributed by atoms with van der Waals surface area (Å²) in [5.41, 5.74) is 0.729. The average molecular weight is 326 g/mol. The van der Waals surface area contributed by atoms with Crippen LogP contribution in [0.25, 0.3) is 0 Å². The largest absolute Gasteiger partial charge is 0.389 e. The smallest absolute Gasteiger partial charge is 0.387 e. The Balaban J connectivity index is 2.23. The predicted molar refractivity (Wildman–Crippen MR) is 67.3 cm³/mol. The first kappa shape index (κ1) is 15.5. The van der Waals surface area contributed by atoms with E-state index < -0.39 is 18.7 Å². The number of rotatable bonds is 6. The topological polar surface area (TPSA) is 32.3 Å². The third-order valence-electron chi connectivity index (χ3n) is 2.38. The highest BCUT2D eigenvalue weighted by atomic mass is 79.9. The summed E-state index contributed by atoms with van der Waals surface area (Å²) in [6, 6.07) is 7.19. The third-order valence-corrected chi connectivity index (χ3v) is 2.88. The Bertz CT molecular complexity index is 371. The molecule has 0 spiro atoms. The summed E-state index contributed by atoms with van der Waals surface area (Å²) in [7, 11) is 0. The second-order valence-electron chi connectivity index (χ2n) is 3.99. The summed E-state index contributed by atoms with van der Waals surface area (Å²) >= 11 is 3.29. The maximum absolute atomic E-state index is 11.9. The van der Waals surface area contributed by atoms with Crippen LogP contribution in [0.4, 0.5) is 13.2 Å². The lowest BCUT2D eigenvalue weighted by atomic mass is 10.1. The molecular weight excluding hydrogens is 311 g/mol. The van der Waals surface area contributed by atoms with Crippen LogP contribution in [-0.4, -0.2) is 24.4 Å². The molecule has 0 aliphatic heterocycles. The molecule has 1 rings (SSSR count). The van der Waals surface area contributed by atoms with Crippen molar-refractivity contribution in [1.29, 1.82) is 0 Å². The van der Waals surface area contributed by atoms with Gasteiger partial charge in [-0.2, -0.15) is 13.2 Å². The molecule has 0 heterocycles. The fourth-order valence-electron chi connectivity index (χ4n) is 1.48. The highest BCUT2D eigenvalue weighted by molar-refractivity contribution is 9.10. The normalized spacial score (nSPS) is 13.6. The Labute approximate surface area is 112 Å². The van der Waals surface area contributed by atoms with Crippen molar-refractivity contribution in [2.75, 3.05) is 13.1 Å². The van der Waals surface area contributed by atoms with Gasteiger partial charge in [-0.1, -0.05) is 28.1 Å². The zero-order valence-electron chi connectivity index (χ0n) is 9.67. The Morgan fingerprint density at radius 2 is 2.06 bits per heavy atom. The molecule has 1 aromatic carbocycles. The number of halogens is 4. The van der Waals surface area contributed by atoms with Gasteiger partial charge in [0.25, 0.3) is 0 Å². The number of aliphatic hydroxyl groups excluding tert-OH is 1. The first-order valence-electron chi connectivity index (χ1n) is 5.59. The minimum atomic E-state index is -4.11. The van der Waals surface area contributed by atoms with Crippen LogP contribution in [0.3, 0.4) is 0 Å². The Kier molecular flexibility index (Phi) is 6.11. The molecule has 1 aromatic rings. The van der Waals surface area contributed by atoms with E-state index in [4.69, 9.17) is 0 Å². The van der Waals surface area contributed by atoms with Gasteiger partial charge in [-0.25, -0.2) is 0 Å². The highest BCUT2D eigenvalue weighted by Crippen LogP contribution is 2.21. The quantitative estimate of drug-likeness (QED) is 0.785. The molecule has 0 aliphatic carbocycles. The van der Waals surface area contributed by atoms with E-state index in [0.29, 0.717) is 0 Å². The summed E-state index contributed by atoms with van der Waals surface area (Å²) in [5.74, 6) is 0. The standard InChI is InChI=1S/C12H15BrF3NO/c13-10-4-1-3-9(7-10)11(18)8-17-6-2-5-12(14,15)16/h1,3-4,7,11,17-18H,2,5-6,8H2. The number of aliphatic hydroxyl groups is 1. The van der Waals surface area contributed by atoms with Crippen LogP contribution >= 0.6 is 15.9 Å². The van der Waals surface area contributed by atoms with Crippen LogP contribution in [-0.2, 0) is 0 Å². The van der Waals surface area contributed by atoms with E-state index in [9.17, 15) is 18.3 Å². The maximum atomic E-state index is 11.9. The molecule has 0 saturated carbocycles. The second-order valence-corrected chi connectivity index (χ2v) is 4.91. The summed E-state index contributed by atoms with van der Waals surface area (Å²) in [6.07, 6.45) is -5.60. The molecule has 1 unspecified atom stereocenters. The number of alkyl halides is 3. The maximum Gasteiger partial charge on any atom is 0.389 e. The van der Waals surface area contributed by atoms with Gasteiger partial charge in [0.2, 0.25) is 0 Å². The summed E-state index contributed by atoms with van der Waals surface area (Å²) in [5, 5.41) is 12.6. The van der Waals surface area contributed by atoms with Crippen molar-refractivity contribution in [3.05, 3.63) is 34.3 Å². The Morgan fingerprint density at radius 3 is 2.67 bits per heavy atom. The fraction of sp³-hybridized carbons (Fsp3) is 0.500. The van der Waals surface area contributed by atoms with E-state index in [1.165, 1.54) is 0 Å². The Morgan fingerprint density at radius 1 is 1.33 bits per heavy atom. The van der Waals surface area contributed by atoms with Crippen LogP contribution in [0.1, 0.15) is 24.5 Å². The van der Waals surface area contributed by atoms with E-state index in [1.54, 1.807) is 18.2 Å². The highest BCUT2D eigenvalue weighted by Gasteiger charge is 2.25. The number of nitrogens with one attached hydrogen (secondary N) is 1. The van der Waals surface area contributed by atoms with Gasteiger partial charge < -0.3 is 10.4 Å². The predicted octanol–water partition coefficient (Wildman–Crippen LogP) is 3.41. The van der Waals surface area contributed by atoms with Gasteiger partial charge in [0.1, 0.15) is 0 Å². The number of hydrogen-bond donors (Lipinski definition) is 2. The van der Waals surface area contributed by atoms with Crippen LogP contribution in [0.5, 0.6) is 0 Å². The molecule has 0 saturated heterocycles. The average Bonchev–Trinajstić information content (AvgIpc) is 2.26. The minimum absolute atomic E-state index is 0.0225.